The second-order valence-electron chi connectivity index (χ2n) is 4.61. The maximum absolute atomic E-state index is 12.0. The molecular weight excluding hydrogens is 292 g/mol. The van der Waals surface area contributed by atoms with Gasteiger partial charge in [-0.15, -0.1) is 0 Å². The van der Waals surface area contributed by atoms with Crippen molar-refractivity contribution in [3.8, 4) is 5.75 Å². The fourth-order valence-corrected chi connectivity index (χ4v) is 1.72. The average Bonchev–Trinajstić information content (AvgIpc) is 2.49. The van der Waals surface area contributed by atoms with E-state index in [0.29, 0.717) is 0 Å². The number of hydroxylamine groups is 1. The molecule has 0 aromatic heterocycles. The number of alkyl halides is 2. The molecular formula is C16H15F2NO3. The SMILES string of the molecule is Cc1ccc(CONC(=O)c2ccc(OC(F)F)cc2)cc1. The van der Waals surface area contributed by atoms with E-state index in [2.05, 4.69) is 10.2 Å². The summed E-state index contributed by atoms with van der Waals surface area (Å²) in [5.41, 5.74) is 4.64. The summed E-state index contributed by atoms with van der Waals surface area (Å²) in [7, 11) is 0. The van der Waals surface area contributed by atoms with Gasteiger partial charge in [0.15, 0.2) is 0 Å². The predicted octanol–water partition coefficient (Wildman–Crippen LogP) is 3.46. The third kappa shape index (κ3) is 4.82. The Balaban J connectivity index is 1.83. The number of halogens is 2. The fourth-order valence-electron chi connectivity index (χ4n) is 1.72. The predicted molar refractivity (Wildman–Crippen MR) is 76.5 cm³/mol. The lowest BCUT2D eigenvalue weighted by Crippen LogP contribution is -2.23. The zero-order chi connectivity index (χ0) is 15.9. The molecule has 0 unspecified atom stereocenters. The number of amides is 1. The van der Waals surface area contributed by atoms with Crippen LogP contribution in [0.5, 0.6) is 5.75 Å². The number of hydrogen-bond acceptors (Lipinski definition) is 3. The van der Waals surface area contributed by atoms with Gasteiger partial charge in [0.2, 0.25) is 0 Å². The number of hydrogen-bond donors (Lipinski definition) is 1. The number of aryl methyl sites for hydroxylation is 1. The van der Waals surface area contributed by atoms with E-state index in [9.17, 15) is 13.6 Å². The van der Waals surface area contributed by atoms with E-state index in [-0.39, 0.29) is 17.9 Å². The molecule has 0 aliphatic rings. The van der Waals surface area contributed by atoms with Crippen LogP contribution in [-0.4, -0.2) is 12.5 Å². The van der Waals surface area contributed by atoms with Crippen molar-refractivity contribution in [2.24, 2.45) is 0 Å². The Morgan fingerprint density at radius 3 is 2.32 bits per heavy atom. The van der Waals surface area contributed by atoms with Crippen LogP contribution in [0.15, 0.2) is 48.5 Å². The maximum Gasteiger partial charge on any atom is 0.387 e. The van der Waals surface area contributed by atoms with E-state index in [1.807, 2.05) is 31.2 Å². The molecule has 1 amide bonds. The second kappa shape index (κ2) is 7.51. The Morgan fingerprint density at radius 1 is 1.09 bits per heavy atom. The molecule has 0 atom stereocenters. The highest BCUT2D eigenvalue weighted by molar-refractivity contribution is 5.93. The zero-order valence-corrected chi connectivity index (χ0v) is 11.9. The summed E-state index contributed by atoms with van der Waals surface area (Å²) in [5.74, 6) is -0.470. The minimum atomic E-state index is -2.89. The van der Waals surface area contributed by atoms with Crippen LogP contribution in [-0.2, 0) is 11.4 Å². The van der Waals surface area contributed by atoms with Crippen LogP contribution >= 0.6 is 0 Å². The van der Waals surface area contributed by atoms with Gasteiger partial charge in [0, 0.05) is 5.56 Å². The fraction of sp³-hybridized carbons (Fsp3) is 0.188. The summed E-state index contributed by atoms with van der Waals surface area (Å²) in [6.07, 6.45) is 0. The molecule has 0 fully saturated rings. The Hall–Kier alpha value is -2.47. The first-order valence-corrected chi connectivity index (χ1v) is 6.57. The van der Waals surface area contributed by atoms with Crippen LogP contribution < -0.4 is 10.2 Å². The first kappa shape index (κ1) is 15.9. The third-order valence-electron chi connectivity index (χ3n) is 2.87. The zero-order valence-electron chi connectivity index (χ0n) is 11.9. The summed E-state index contributed by atoms with van der Waals surface area (Å²) < 4.78 is 28.2. The number of ether oxygens (including phenoxy) is 1. The summed E-state index contributed by atoms with van der Waals surface area (Å²) in [5, 5.41) is 0. The van der Waals surface area contributed by atoms with Gasteiger partial charge in [-0.3, -0.25) is 9.63 Å². The normalized spacial score (nSPS) is 10.5. The number of nitrogens with one attached hydrogen (secondary N) is 1. The van der Waals surface area contributed by atoms with Crippen molar-refractivity contribution < 1.29 is 23.1 Å². The molecule has 0 saturated carbocycles. The highest BCUT2D eigenvalue weighted by Crippen LogP contribution is 2.14. The average molecular weight is 307 g/mol. The van der Waals surface area contributed by atoms with Crippen LogP contribution in [0.4, 0.5) is 8.78 Å². The lowest BCUT2D eigenvalue weighted by Gasteiger charge is -2.07. The summed E-state index contributed by atoms with van der Waals surface area (Å²) in [6, 6.07) is 13.0. The summed E-state index contributed by atoms with van der Waals surface area (Å²) in [6.45, 7) is -0.676. The quantitative estimate of drug-likeness (QED) is 0.831. The minimum absolute atomic E-state index is 0.00729. The van der Waals surface area contributed by atoms with Gasteiger partial charge in [0.05, 0.1) is 6.61 Å². The first-order chi connectivity index (χ1) is 10.5. The lowest BCUT2D eigenvalue weighted by atomic mass is 10.2. The van der Waals surface area contributed by atoms with Gasteiger partial charge in [-0.05, 0) is 36.8 Å². The van der Waals surface area contributed by atoms with E-state index in [0.717, 1.165) is 11.1 Å². The van der Waals surface area contributed by atoms with Crippen LogP contribution in [0.2, 0.25) is 0 Å². The lowest BCUT2D eigenvalue weighted by molar-refractivity contribution is -0.0498. The minimum Gasteiger partial charge on any atom is -0.435 e. The molecule has 2 rings (SSSR count). The molecule has 0 radical (unpaired) electrons. The molecule has 0 heterocycles. The summed E-state index contributed by atoms with van der Waals surface area (Å²) in [4.78, 5) is 16.9. The molecule has 2 aromatic rings. The molecule has 0 bridgehead atoms. The van der Waals surface area contributed by atoms with Gasteiger partial charge in [-0.1, -0.05) is 29.8 Å². The largest absolute Gasteiger partial charge is 0.435 e. The monoisotopic (exact) mass is 307 g/mol. The number of carbonyl (C=O) groups excluding carboxylic acids is 1. The standard InChI is InChI=1S/C16H15F2NO3/c1-11-2-4-12(5-3-11)10-21-19-15(20)13-6-8-14(9-7-13)22-16(17)18/h2-9,16H,10H2,1H3,(H,19,20). The molecule has 0 saturated heterocycles. The maximum atomic E-state index is 12.0. The second-order valence-corrected chi connectivity index (χ2v) is 4.61. The van der Waals surface area contributed by atoms with Crippen molar-refractivity contribution in [1.82, 2.24) is 5.48 Å². The smallest absolute Gasteiger partial charge is 0.387 e. The van der Waals surface area contributed by atoms with Crippen LogP contribution in [0, 0.1) is 6.92 Å². The molecule has 6 heteroatoms. The molecule has 22 heavy (non-hydrogen) atoms. The third-order valence-corrected chi connectivity index (χ3v) is 2.87. The summed E-state index contributed by atoms with van der Waals surface area (Å²) >= 11 is 0. The Bertz CT molecular complexity index is 612. The van der Waals surface area contributed by atoms with Crippen molar-refractivity contribution in [2.75, 3.05) is 0 Å². The highest BCUT2D eigenvalue weighted by Gasteiger charge is 2.08. The number of rotatable bonds is 6. The van der Waals surface area contributed by atoms with Gasteiger partial charge in [0.25, 0.3) is 5.91 Å². The Morgan fingerprint density at radius 2 is 1.73 bits per heavy atom. The van der Waals surface area contributed by atoms with Crippen molar-refractivity contribution in [1.29, 1.82) is 0 Å². The van der Waals surface area contributed by atoms with Crippen LogP contribution in [0.25, 0.3) is 0 Å². The molecule has 0 aliphatic carbocycles. The number of benzene rings is 2. The van der Waals surface area contributed by atoms with Crippen LogP contribution in [0.3, 0.4) is 0 Å². The van der Waals surface area contributed by atoms with Gasteiger partial charge in [0.1, 0.15) is 5.75 Å². The molecule has 116 valence electrons. The van der Waals surface area contributed by atoms with E-state index in [4.69, 9.17) is 4.84 Å². The van der Waals surface area contributed by atoms with Crippen molar-refractivity contribution in [3.63, 3.8) is 0 Å². The van der Waals surface area contributed by atoms with Crippen LogP contribution in [0.1, 0.15) is 21.5 Å². The van der Waals surface area contributed by atoms with Crippen molar-refractivity contribution >= 4 is 5.91 Å². The molecule has 1 N–H and O–H groups in total. The Kier molecular flexibility index (Phi) is 5.43. The van der Waals surface area contributed by atoms with Gasteiger partial charge in [-0.25, -0.2) is 5.48 Å². The molecule has 0 spiro atoms. The topological polar surface area (TPSA) is 47.6 Å². The van der Waals surface area contributed by atoms with E-state index >= 15 is 0 Å². The molecule has 0 aliphatic heterocycles. The molecule has 2 aromatic carbocycles. The van der Waals surface area contributed by atoms with E-state index < -0.39 is 12.5 Å². The highest BCUT2D eigenvalue weighted by atomic mass is 19.3. The van der Waals surface area contributed by atoms with Gasteiger partial charge < -0.3 is 4.74 Å². The van der Waals surface area contributed by atoms with Crippen molar-refractivity contribution in [2.45, 2.75) is 20.1 Å². The van der Waals surface area contributed by atoms with Gasteiger partial charge in [-0.2, -0.15) is 8.78 Å². The van der Waals surface area contributed by atoms with Crippen molar-refractivity contribution in [3.05, 3.63) is 65.2 Å². The van der Waals surface area contributed by atoms with E-state index in [1.165, 1.54) is 24.3 Å². The molecule has 4 nitrogen and oxygen atoms in total. The Labute approximate surface area is 126 Å². The number of carbonyl (C=O) groups is 1. The van der Waals surface area contributed by atoms with Gasteiger partial charge >= 0.3 is 6.61 Å². The van der Waals surface area contributed by atoms with E-state index in [1.54, 1.807) is 0 Å². The first-order valence-electron chi connectivity index (χ1n) is 6.57.